The largest absolute Gasteiger partial charge is 0.508 e. The van der Waals surface area contributed by atoms with Crippen LogP contribution in [0.5, 0.6) is 11.5 Å². The predicted octanol–water partition coefficient (Wildman–Crippen LogP) is 8.79. The van der Waals surface area contributed by atoms with Crippen LogP contribution in [0.15, 0.2) is 146 Å². The van der Waals surface area contributed by atoms with Crippen molar-refractivity contribution in [1.29, 1.82) is 0 Å². The lowest BCUT2D eigenvalue weighted by Crippen LogP contribution is -2.28. The molecule has 0 amide bonds. The van der Waals surface area contributed by atoms with Crippen LogP contribution in [-0.2, 0) is 5.41 Å². The van der Waals surface area contributed by atoms with Crippen LogP contribution >= 0.6 is 0 Å². The molecule has 6 aromatic rings. The fourth-order valence-corrected chi connectivity index (χ4v) is 6.16. The smallest absolute Gasteiger partial charge is 0.115 e. The number of hydrogen-bond acceptors (Lipinski definition) is 2. The first-order valence-corrected chi connectivity index (χ1v) is 13.1. The van der Waals surface area contributed by atoms with Crippen LogP contribution in [0.25, 0.3) is 33.4 Å². The molecule has 0 spiro atoms. The first-order valence-electron chi connectivity index (χ1n) is 13.1. The monoisotopic (exact) mass is 502 g/mol. The highest BCUT2D eigenvalue weighted by Crippen LogP contribution is 2.57. The summed E-state index contributed by atoms with van der Waals surface area (Å²) in [7, 11) is 0. The van der Waals surface area contributed by atoms with Gasteiger partial charge in [0.05, 0.1) is 5.41 Å². The zero-order valence-corrected chi connectivity index (χ0v) is 21.3. The average molecular weight is 503 g/mol. The van der Waals surface area contributed by atoms with Gasteiger partial charge in [-0.25, -0.2) is 0 Å². The molecule has 0 unspecified atom stereocenters. The van der Waals surface area contributed by atoms with Crippen molar-refractivity contribution >= 4 is 0 Å². The summed E-state index contributed by atoms with van der Waals surface area (Å²) in [6, 6.07) is 49.5. The molecule has 2 N–H and O–H groups in total. The Balaban J connectivity index is 1.59. The van der Waals surface area contributed by atoms with Crippen molar-refractivity contribution in [3.8, 4) is 44.9 Å². The fourth-order valence-electron chi connectivity index (χ4n) is 6.16. The molecule has 0 saturated heterocycles. The second kappa shape index (κ2) is 9.04. The maximum absolute atomic E-state index is 10.2. The zero-order chi connectivity index (χ0) is 26.4. The minimum atomic E-state index is -0.651. The van der Waals surface area contributed by atoms with Gasteiger partial charge in [0.1, 0.15) is 11.5 Å². The van der Waals surface area contributed by atoms with Crippen LogP contribution in [0, 0.1) is 0 Å². The van der Waals surface area contributed by atoms with E-state index in [-0.39, 0.29) is 11.5 Å². The molecule has 0 aliphatic heterocycles. The molecule has 2 nitrogen and oxygen atoms in total. The summed E-state index contributed by atoms with van der Waals surface area (Å²) in [6.45, 7) is 0. The van der Waals surface area contributed by atoms with Crippen molar-refractivity contribution < 1.29 is 10.2 Å². The standard InChI is InChI=1S/C37H26O2/c38-31-17-13-29(14-18-31)37(30-15-19-32(39)20-16-30)35-23-27(25-7-3-1-4-8-25)11-21-33(35)34-22-12-28(24-36(34)37)26-9-5-2-6-10-26/h1-24,38-39H. The molecule has 0 aromatic heterocycles. The number of benzene rings is 6. The van der Waals surface area contributed by atoms with E-state index in [1.807, 2.05) is 36.4 Å². The van der Waals surface area contributed by atoms with E-state index in [2.05, 4.69) is 84.9 Å². The quantitative estimate of drug-likeness (QED) is 0.252. The van der Waals surface area contributed by atoms with E-state index in [4.69, 9.17) is 0 Å². The maximum Gasteiger partial charge on any atom is 0.115 e. The third-order valence-electron chi connectivity index (χ3n) is 7.95. The lowest BCUT2D eigenvalue weighted by molar-refractivity contribution is 0.475. The van der Waals surface area contributed by atoms with E-state index >= 15 is 0 Å². The first kappa shape index (κ1) is 23.1. The van der Waals surface area contributed by atoms with Crippen LogP contribution in [0.1, 0.15) is 22.3 Å². The van der Waals surface area contributed by atoms with Gasteiger partial charge in [0.25, 0.3) is 0 Å². The Hall–Kier alpha value is -5.08. The summed E-state index contributed by atoms with van der Waals surface area (Å²) >= 11 is 0. The first-order chi connectivity index (χ1) is 19.1. The number of fused-ring (bicyclic) bond motifs is 3. The average Bonchev–Trinajstić information content (AvgIpc) is 3.28. The van der Waals surface area contributed by atoms with E-state index in [1.54, 1.807) is 24.3 Å². The fraction of sp³-hybridized carbons (Fsp3) is 0.0270. The van der Waals surface area contributed by atoms with Gasteiger partial charge in [-0.1, -0.05) is 109 Å². The van der Waals surface area contributed by atoms with Crippen molar-refractivity contribution in [2.45, 2.75) is 5.41 Å². The van der Waals surface area contributed by atoms with E-state index < -0.39 is 5.41 Å². The summed E-state index contributed by atoms with van der Waals surface area (Å²) < 4.78 is 0. The molecule has 0 radical (unpaired) electrons. The lowest BCUT2D eigenvalue weighted by Gasteiger charge is -2.34. The van der Waals surface area contributed by atoms with Crippen LogP contribution in [-0.4, -0.2) is 10.2 Å². The molecular weight excluding hydrogens is 476 g/mol. The highest BCUT2D eigenvalue weighted by Gasteiger charge is 2.46. The van der Waals surface area contributed by atoms with Crippen LogP contribution < -0.4 is 0 Å². The Morgan fingerprint density at radius 3 is 1.13 bits per heavy atom. The van der Waals surface area contributed by atoms with Gasteiger partial charge in [-0.15, -0.1) is 0 Å². The van der Waals surface area contributed by atoms with Crippen molar-refractivity contribution in [1.82, 2.24) is 0 Å². The maximum atomic E-state index is 10.2. The molecular formula is C37H26O2. The molecule has 0 bridgehead atoms. The number of hydrogen-bond donors (Lipinski definition) is 2. The van der Waals surface area contributed by atoms with Gasteiger partial charge in [0.15, 0.2) is 0 Å². The SMILES string of the molecule is Oc1ccc(C2(c3ccc(O)cc3)c3cc(-c4ccccc4)ccc3-c3ccc(-c4ccccc4)cc32)cc1. The number of phenols is 2. The second-order valence-corrected chi connectivity index (χ2v) is 10.1. The summed E-state index contributed by atoms with van der Waals surface area (Å²) in [5, 5.41) is 20.5. The zero-order valence-electron chi connectivity index (χ0n) is 21.3. The molecule has 0 atom stereocenters. The van der Waals surface area contributed by atoms with Gasteiger partial charge in [0.2, 0.25) is 0 Å². The van der Waals surface area contributed by atoms with Gasteiger partial charge >= 0.3 is 0 Å². The summed E-state index contributed by atoms with van der Waals surface area (Å²) in [4.78, 5) is 0. The summed E-state index contributed by atoms with van der Waals surface area (Å²) in [6.07, 6.45) is 0. The normalized spacial score (nSPS) is 13.0. The molecule has 0 saturated carbocycles. The molecule has 1 aliphatic rings. The van der Waals surface area contributed by atoms with Crippen molar-refractivity contribution in [3.05, 3.63) is 168 Å². The number of phenolic OH excluding ortho intramolecular Hbond substituents is 2. The van der Waals surface area contributed by atoms with Gasteiger partial charge in [-0.3, -0.25) is 0 Å². The topological polar surface area (TPSA) is 40.5 Å². The molecule has 39 heavy (non-hydrogen) atoms. The molecule has 186 valence electrons. The van der Waals surface area contributed by atoms with Crippen molar-refractivity contribution in [2.24, 2.45) is 0 Å². The van der Waals surface area contributed by atoms with Gasteiger partial charge in [0, 0.05) is 0 Å². The highest BCUT2D eigenvalue weighted by atomic mass is 16.3. The Morgan fingerprint density at radius 2 is 0.744 bits per heavy atom. The van der Waals surface area contributed by atoms with E-state index in [9.17, 15) is 10.2 Å². The van der Waals surface area contributed by atoms with Gasteiger partial charge in [-0.2, -0.15) is 0 Å². The Morgan fingerprint density at radius 1 is 0.359 bits per heavy atom. The third-order valence-corrected chi connectivity index (χ3v) is 7.95. The molecule has 0 heterocycles. The van der Waals surface area contributed by atoms with Gasteiger partial charge in [-0.05, 0) is 92.0 Å². The second-order valence-electron chi connectivity index (χ2n) is 10.1. The third kappa shape index (κ3) is 3.65. The Labute approximate surface area is 228 Å². The van der Waals surface area contributed by atoms with Crippen molar-refractivity contribution in [3.63, 3.8) is 0 Å². The minimum Gasteiger partial charge on any atom is -0.508 e. The van der Waals surface area contributed by atoms with Gasteiger partial charge < -0.3 is 10.2 Å². The number of aromatic hydroxyl groups is 2. The Bertz CT molecular complexity index is 1650. The van der Waals surface area contributed by atoms with Crippen LogP contribution in [0.4, 0.5) is 0 Å². The molecule has 1 aliphatic carbocycles. The van der Waals surface area contributed by atoms with E-state index in [1.165, 1.54) is 22.3 Å². The minimum absolute atomic E-state index is 0.231. The Kier molecular flexibility index (Phi) is 5.35. The van der Waals surface area contributed by atoms with Crippen molar-refractivity contribution in [2.75, 3.05) is 0 Å². The molecule has 7 rings (SSSR count). The molecule has 0 fully saturated rings. The molecule has 2 heteroatoms. The number of rotatable bonds is 4. The predicted molar refractivity (Wildman–Crippen MR) is 158 cm³/mol. The summed E-state index contributed by atoms with van der Waals surface area (Å²) in [5.74, 6) is 0.461. The highest BCUT2D eigenvalue weighted by molar-refractivity contribution is 5.90. The van der Waals surface area contributed by atoms with E-state index in [0.29, 0.717) is 0 Å². The lowest BCUT2D eigenvalue weighted by atomic mass is 9.67. The van der Waals surface area contributed by atoms with Crippen LogP contribution in [0.3, 0.4) is 0 Å². The van der Waals surface area contributed by atoms with E-state index in [0.717, 1.165) is 33.4 Å². The van der Waals surface area contributed by atoms with Crippen LogP contribution in [0.2, 0.25) is 0 Å². The molecule has 6 aromatic carbocycles. The summed E-state index contributed by atoms with van der Waals surface area (Å²) in [5.41, 5.74) is 10.8.